The molecule has 0 spiro atoms. The molecule has 174 valence electrons. The largest absolute Gasteiger partial charge is 0.378 e. The maximum absolute atomic E-state index is 12.8. The van der Waals surface area contributed by atoms with Gasteiger partial charge in [-0.05, 0) is 44.0 Å². The summed E-state index contributed by atoms with van der Waals surface area (Å²) in [6.07, 6.45) is 2.86. The van der Waals surface area contributed by atoms with E-state index < -0.39 is 10.0 Å². The maximum atomic E-state index is 12.8. The molecule has 0 aliphatic carbocycles. The third-order valence-corrected chi connectivity index (χ3v) is 9.48. The monoisotopic (exact) mass is 497 g/mol. The number of hydrogen-bond acceptors (Lipinski definition) is 9. The average molecular weight is 498 g/mol. The second-order valence-electron chi connectivity index (χ2n) is 7.69. The fourth-order valence-corrected chi connectivity index (χ4v) is 7.10. The number of ether oxygens (including phenoxy) is 1. The van der Waals surface area contributed by atoms with E-state index in [0.717, 1.165) is 41.8 Å². The number of nitrogens with one attached hydrogen (secondary N) is 1. The molecule has 0 radical (unpaired) electrons. The quantitative estimate of drug-likeness (QED) is 0.582. The number of carbonyl (C=O) groups excluding carboxylic acids is 1. The van der Waals surface area contributed by atoms with Crippen LogP contribution < -0.4 is 10.2 Å². The molecular weight excluding hydrogens is 470 g/mol. The Bertz CT molecular complexity index is 1020. The Hall–Kier alpha value is -1.73. The average Bonchev–Trinajstić information content (AvgIpc) is 3.29. The van der Waals surface area contributed by atoms with E-state index in [-0.39, 0.29) is 16.1 Å². The van der Waals surface area contributed by atoms with E-state index in [2.05, 4.69) is 20.4 Å². The molecule has 32 heavy (non-hydrogen) atoms. The maximum Gasteiger partial charge on any atom is 0.243 e. The number of rotatable bonds is 7. The summed E-state index contributed by atoms with van der Waals surface area (Å²) >= 11 is 2.82. The van der Waals surface area contributed by atoms with Gasteiger partial charge in [0.05, 0.1) is 23.4 Å². The lowest BCUT2D eigenvalue weighted by atomic mass is 10.2. The normalized spacial score (nSPS) is 19.0. The second kappa shape index (κ2) is 10.5. The molecule has 0 bridgehead atoms. The topological polar surface area (TPSA) is 105 Å². The number of amides is 1. The predicted octanol–water partition coefficient (Wildman–Crippen LogP) is 2.67. The van der Waals surface area contributed by atoms with Gasteiger partial charge in [-0.25, -0.2) is 8.42 Å². The first-order chi connectivity index (χ1) is 15.4. The fourth-order valence-electron chi connectivity index (χ4n) is 3.55. The highest BCUT2D eigenvalue weighted by atomic mass is 32.2. The van der Waals surface area contributed by atoms with Crippen molar-refractivity contribution in [2.75, 3.05) is 49.6 Å². The summed E-state index contributed by atoms with van der Waals surface area (Å²) in [6.45, 7) is 5.88. The van der Waals surface area contributed by atoms with Crippen molar-refractivity contribution in [1.29, 1.82) is 0 Å². The van der Waals surface area contributed by atoms with Crippen molar-refractivity contribution in [1.82, 2.24) is 14.5 Å². The fraction of sp³-hybridized carbons (Fsp3) is 0.550. The number of morpholine rings is 1. The van der Waals surface area contributed by atoms with Crippen molar-refractivity contribution >= 4 is 49.8 Å². The van der Waals surface area contributed by atoms with E-state index in [0.29, 0.717) is 32.0 Å². The van der Waals surface area contributed by atoms with Crippen LogP contribution in [0.5, 0.6) is 0 Å². The zero-order valence-corrected chi connectivity index (χ0v) is 20.3. The number of thioether (sulfide) groups is 1. The predicted molar refractivity (Wildman–Crippen MR) is 126 cm³/mol. The SMILES string of the molecule is CC(Sc1nnc(N2CCOCC2)s1)C(=O)Nc1ccc(S(=O)(=O)N2CCCCC2)cc1. The van der Waals surface area contributed by atoms with Gasteiger partial charge in [-0.2, -0.15) is 4.31 Å². The van der Waals surface area contributed by atoms with Gasteiger partial charge < -0.3 is 15.0 Å². The Morgan fingerprint density at radius 2 is 1.78 bits per heavy atom. The lowest BCUT2D eigenvalue weighted by Crippen LogP contribution is -2.36. The lowest BCUT2D eigenvalue weighted by molar-refractivity contribution is -0.115. The minimum Gasteiger partial charge on any atom is -0.378 e. The standard InChI is InChI=1S/C20H27N5O4S3/c1-15(30-20-23-22-19(31-20)24-11-13-29-14-12-24)18(26)21-16-5-7-17(8-6-16)32(27,28)25-9-3-2-4-10-25/h5-8,15H,2-4,9-14H2,1H3,(H,21,26). The zero-order chi connectivity index (χ0) is 22.6. The van der Waals surface area contributed by atoms with Crippen LogP contribution in [-0.2, 0) is 19.6 Å². The Morgan fingerprint density at radius 3 is 2.47 bits per heavy atom. The summed E-state index contributed by atoms with van der Waals surface area (Å²) < 4.78 is 33.2. The summed E-state index contributed by atoms with van der Waals surface area (Å²) in [5, 5.41) is 11.8. The van der Waals surface area contributed by atoms with Gasteiger partial charge in [0.1, 0.15) is 0 Å². The summed E-state index contributed by atoms with van der Waals surface area (Å²) in [6, 6.07) is 6.37. The van der Waals surface area contributed by atoms with E-state index in [9.17, 15) is 13.2 Å². The van der Waals surface area contributed by atoms with Crippen LogP contribution in [0.4, 0.5) is 10.8 Å². The van der Waals surface area contributed by atoms with Crippen LogP contribution in [0.1, 0.15) is 26.2 Å². The molecule has 0 saturated carbocycles. The minimum absolute atomic E-state index is 0.176. The van der Waals surface area contributed by atoms with Crippen molar-refractivity contribution in [2.45, 2.75) is 40.7 Å². The first-order valence-electron chi connectivity index (χ1n) is 10.7. The van der Waals surface area contributed by atoms with Crippen LogP contribution in [0.15, 0.2) is 33.5 Å². The van der Waals surface area contributed by atoms with Gasteiger partial charge in [-0.15, -0.1) is 10.2 Å². The molecule has 4 rings (SSSR count). The molecule has 2 aromatic rings. The van der Waals surface area contributed by atoms with Gasteiger partial charge >= 0.3 is 0 Å². The van der Waals surface area contributed by atoms with Gasteiger partial charge in [0.25, 0.3) is 0 Å². The molecule has 3 heterocycles. The molecule has 12 heteroatoms. The van der Waals surface area contributed by atoms with Gasteiger partial charge in [-0.3, -0.25) is 4.79 Å². The molecule has 2 fully saturated rings. The number of hydrogen-bond donors (Lipinski definition) is 1. The number of anilines is 2. The second-order valence-corrected chi connectivity index (χ2v) is 12.2. The van der Waals surface area contributed by atoms with Crippen molar-refractivity contribution in [3.05, 3.63) is 24.3 Å². The van der Waals surface area contributed by atoms with E-state index in [1.807, 2.05) is 6.92 Å². The van der Waals surface area contributed by atoms with Crippen LogP contribution in [0.25, 0.3) is 0 Å². The van der Waals surface area contributed by atoms with E-state index >= 15 is 0 Å². The highest BCUT2D eigenvalue weighted by Crippen LogP contribution is 2.31. The molecular formula is C20H27N5O4S3. The third-order valence-electron chi connectivity index (χ3n) is 5.40. The van der Waals surface area contributed by atoms with Crippen LogP contribution in [0, 0.1) is 0 Å². The van der Waals surface area contributed by atoms with Crippen molar-refractivity contribution in [2.24, 2.45) is 0 Å². The Labute approximate surface area is 196 Å². The van der Waals surface area contributed by atoms with Crippen molar-refractivity contribution in [3.63, 3.8) is 0 Å². The Morgan fingerprint density at radius 1 is 1.09 bits per heavy atom. The molecule has 1 atom stereocenters. The van der Waals surface area contributed by atoms with Crippen LogP contribution in [0.2, 0.25) is 0 Å². The highest BCUT2D eigenvalue weighted by molar-refractivity contribution is 8.02. The summed E-state index contributed by atoms with van der Waals surface area (Å²) in [5.41, 5.74) is 0.561. The van der Waals surface area contributed by atoms with E-state index in [1.165, 1.54) is 27.4 Å². The summed E-state index contributed by atoms with van der Waals surface area (Å²) in [5.74, 6) is -0.176. The van der Waals surface area contributed by atoms with E-state index in [1.54, 1.807) is 24.3 Å². The van der Waals surface area contributed by atoms with Crippen LogP contribution in [-0.4, -0.2) is 73.5 Å². The first-order valence-corrected chi connectivity index (χ1v) is 13.8. The molecule has 1 N–H and O–H groups in total. The molecule has 1 unspecified atom stereocenters. The molecule has 2 saturated heterocycles. The van der Waals surface area contributed by atoms with Crippen molar-refractivity contribution < 1.29 is 17.9 Å². The third kappa shape index (κ3) is 5.60. The smallest absolute Gasteiger partial charge is 0.243 e. The summed E-state index contributed by atoms with van der Waals surface area (Å²) in [7, 11) is -3.48. The highest BCUT2D eigenvalue weighted by Gasteiger charge is 2.26. The zero-order valence-electron chi connectivity index (χ0n) is 17.9. The number of aromatic nitrogens is 2. The lowest BCUT2D eigenvalue weighted by Gasteiger charge is -2.25. The van der Waals surface area contributed by atoms with Gasteiger partial charge in [0, 0.05) is 31.9 Å². The minimum atomic E-state index is -3.48. The van der Waals surface area contributed by atoms with Crippen molar-refractivity contribution in [3.8, 4) is 0 Å². The number of benzene rings is 1. The van der Waals surface area contributed by atoms with Gasteiger partial charge in [-0.1, -0.05) is 29.5 Å². The van der Waals surface area contributed by atoms with Gasteiger partial charge in [0.2, 0.25) is 21.1 Å². The Balaban J connectivity index is 1.33. The number of sulfonamides is 1. The summed E-state index contributed by atoms with van der Waals surface area (Å²) in [4.78, 5) is 15.0. The number of piperidine rings is 1. The van der Waals surface area contributed by atoms with Crippen LogP contribution >= 0.6 is 23.1 Å². The van der Waals surface area contributed by atoms with Crippen LogP contribution in [0.3, 0.4) is 0 Å². The van der Waals surface area contributed by atoms with Gasteiger partial charge in [0.15, 0.2) is 4.34 Å². The van der Waals surface area contributed by atoms with E-state index in [4.69, 9.17) is 4.74 Å². The number of nitrogens with zero attached hydrogens (tertiary/aromatic N) is 4. The number of carbonyl (C=O) groups is 1. The Kier molecular flexibility index (Phi) is 7.66. The molecule has 9 nitrogen and oxygen atoms in total. The molecule has 1 amide bonds. The molecule has 2 aliphatic heterocycles. The molecule has 2 aliphatic rings. The molecule has 1 aromatic heterocycles. The first kappa shape index (κ1) is 23.4. The molecule has 1 aromatic carbocycles.